The summed E-state index contributed by atoms with van der Waals surface area (Å²) in [4.78, 5) is 40.4. The van der Waals surface area contributed by atoms with Crippen LogP contribution in [0.4, 0.5) is 0 Å². The van der Waals surface area contributed by atoms with Gasteiger partial charge in [-0.05, 0) is 61.8 Å². The number of ketones is 1. The van der Waals surface area contributed by atoms with Gasteiger partial charge in [0.1, 0.15) is 12.2 Å². The SMILES string of the molecule is COC(=O)[C@@H]1C[C@H](O[C@H]2CCCCO2)C(=O)[C@H]2[C@@]1(C)CC[C@H]1C(=O)O[C@H](c3ccoc3)C[C@]21C. The maximum atomic E-state index is 14.2. The minimum absolute atomic E-state index is 0.0373. The highest BCUT2D eigenvalue weighted by Crippen LogP contribution is 2.65. The smallest absolute Gasteiger partial charge is 0.310 e. The molecule has 4 fully saturated rings. The Bertz CT molecular complexity index is 935. The second kappa shape index (κ2) is 8.79. The van der Waals surface area contributed by atoms with Crippen LogP contribution in [0.15, 0.2) is 23.0 Å². The number of fused-ring (bicyclic) bond motifs is 3. The molecule has 8 heteroatoms. The van der Waals surface area contributed by atoms with E-state index < -0.39 is 47.1 Å². The molecule has 34 heavy (non-hydrogen) atoms. The minimum atomic E-state index is -0.772. The molecule has 0 unspecified atom stereocenters. The first kappa shape index (κ1) is 23.5. The van der Waals surface area contributed by atoms with E-state index >= 15 is 0 Å². The Morgan fingerprint density at radius 1 is 1.15 bits per heavy atom. The molecule has 2 saturated heterocycles. The van der Waals surface area contributed by atoms with Crippen molar-refractivity contribution >= 4 is 17.7 Å². The second-order valence-electron chi connectivity index (χ2n) is 10.9. The zero-order chi connectivity index (χ0) is 24.1. The molecule has 186 valence electrons. The molecule has 2 aliphatic heterocycles. The van der Waals surface area contributed by atoms with Crippen molar-refractivity contribution in [2.24, 2.45) is 28.6 Å². The number of Topliss-reactive ketones (excluding diaryl/α,β-unsaturated/α-hetero) is 1. The zero-order valence-electron chi connectivity index (χ0n) is 20.1. The molecule has 4 aliphatic rings. The highest BCUT2D eigenvalue weighted by molar-refractivity contribution is 5.92. The second-order valence-corrected chi connectivity index (χ2v) is 10.9. The van der Waals surface area contributed by atoms with E-state index in [0.717, 1.165) is 24.8 Å². The molecule has 2 aliphatic carbocycles. The number of cyclic esters (lactones) is 1. The number of carbonyl (C=O) groups is 3. The van der Waals surface area contributed by atoms with Gasteiger partial charge in [0.05, 0.1) is 31.5 Å². The van der Waals surface area contributed by atoms with E-state index in [-0.39, 0.29) is 24.1 Å². The lowest BCUT2D eigenvalue weighted by Gasteiger charge is -2.61. The van der Waals surface area contributed by atoms with Crippen LogP contribution in [0.5, 0.6) is 0 Å². The Morgan fingerprint density at radius 3 is 2.65 bits per heavy atom. The average molecular weight is 475 g/mol. The van der Waals surface area contributed by atoms with Gasteiger partial charge in [-0.15, -0.1) is 0 Å². The molecule has 0 amide bonds. The number of furan rings is 1. The van der Waals surface area contributed by atoms with Gasteiger partial charge >= 0.3 is 11.9 Å². The number of ether oxygens (including phenoxy) is 4. The molecule has 8 atom stereocenters. The zero-order valence-corrected chi connectivity index (χ0v) is 20.1. The summed E-state index contributed by atoms with van der Waals surface area (Å²) in [7, 11) is 1.39. The minimum Gasteiger partial charge on any atom is -0.472 e. The van der Waals surface area contributed by atoms with Crippen molar-refractivity contribution in [3.8, 4) is 0 Å². The largest absolute Gasteiger partial charge is 0.472 e. The molecule has 2 saturated carbocycles. The highest BCUT2D eigenvalue weighted by atomic mass is 16.7. The van der Waals surface area contributed by atoms with Crippen LogP contribution in [0, 0.1) is 28.6 Å². The van der Waals surface area contributed by atoms with E-state index in [2.05, 4.69) is 0 Å². The van der Waals surface area contributed by atoms with Crippen molar-refractivity contribution in [1.82, 2.24) is 0 Å². The molecule has 0 N–H and O–H groups in total. The molecular weight excluding hydrogens is 440 g/mol. The van der Waals surface area contributed by atoms with Crippen molar-refractivity contribution in [1.29, 1.82) is 0 Å². The van der Waals surface area contributed by atoms with Crippen molar-refractivity contribution < 1.29 is 37.7 Å². The van der Waals surface area contributed by atoms with Crippen molar-refractivity contribution in [3.63, 3.8) is 0 Å². The number of methoxy groups -OCH3 is 1. The van der Waals surface area contributed by atoms with E-state index in [4.69, 9.17) is 23.4 Å². The average Bonchev–Trinajstić information content (AvgIpc) is 3.35. The number of carbonyl (C=O) groups excluding carboxylic acids is 3. The monoisotopic (exact) mass is 474 g/mol. The fraction of sp³-hybridized carbons (Fsp3) is 0.731. The van der Waals surface area contributed by atoms with Crippen LogP contribution < -0.4 is 0 Å². The van der Waals surface area contributed by atoms with Gasteiger partial charge in [0.25, 0.3) is 0 Å². The Hall–Kier alpha value is -2.19. The summed E-state index contributed by atoms with van der Waals surface area (Å²) in [6.45, 7) is 4.63. The number of rotatable bonds is 4. The summed E-state index contributed by atoms with van der Waals surface area (Å²) < 4.78 is 28.2. The number of esters is 2. The van der Waals surface area contributed by atoms with Gasteiger partial charge in [-0.2, -0.15) is 0 Å². The fourth-order valence-electron chi connectivity index (χ4n) is 7.28. The molecule has 5 rings (SSSR count). The van der Waals surface area contributed by atoms with Crippen LogP contribution in [0.3, 0.4) is 0 Å². The van der Waals surface area contributed by atoms with Crippen molar-refractivity contribution in [3.05, 3.63) is 24.2 Å². The third-order valence-corrected chi connectivity index (χ3v) is 8.96. The predicted octanol–water partition coefficient (Wildman–Crippen LogP) is 3.98. The summed E-state index contributed by atoms with van der Waals surface area (Å²) in [6, 6.07) is 1.79. The lowest BCUT2D eigenvalue weighted by Crippen LogP contribution is -2.65. The molecule has 0 bridgehead atoms. The Balaban J connectivity index is 1.53. The maximum Gasteiger partial charge on any atom is 0.310 e. The molecule has 0 radical (unpaired) electrons. The third-order valence-electron chi connectivity index (χ3n) is 8.96. The molecule has 8 nitrogen and oxygen atoms in total. The fourth-order valence-corrected chi connectivity index (χ4v) is 7.28. The first-order valence-corrected chi connectivity index (χ1v) is 12.4. The summed E-state index contributed by atoms with van der Waals surface area (Å²) in [5.74, 6) is -2.12. The molecule has 3 heterocycles. The summed E-state index contributed by atoms with van der Waals surface area (Å²) in [5.41, 5.74) is -0.554. The quantitative estimate of drug-likeness (QED) is 0.477. The Kier molecular flexibility index (Phi) is 6.09. The van der Waals surface area contributed by atoms with Crippen molar-refractivity contribution in [2.45, 2.75) is 77.3 Å². The summed E-state index contributed by atoms with van der Waals surface area (Å²) in [5, 5.41) is 0. The molecular formula is C26H34O8. The van der Waals surface area contributed by atoms with Gasteiger partial charge < -0.3 is 23.4 Å². The van der Waals surface area contributed by atoms with E-state index in [0.29, 0.717) is 25.9 Å². The standard InChI is InChI=1S/C26H34O8/c1-25-9-7-16-24(29)34-19(15-8-11-31-14-15)13-26(16,2)22(25)21(27)18(12-17(25)23(28)30-3)33-20-6-4-5-10-32-20/h8,11,14,16-20,22H,4-7,9-10,12-13H2,1-3H3/t16-,17-,18-,19-,20-,22-,25-,26-/m0/s1. The van der Waals surface area contributed by atoms with Crippen molar-refractivity contribution in [2.75, 3.05) is 13.7 Å². The molecule has 0 spiro atoms. The van der Waals surface area contributed by atoms with Gasteiger partial charge in [0, 0.05) is 18.1 Å². The van der Waals surface area contributed by atoms with E-state index in [1.54, 1.807) is 18.6 Å². The summed E-state index contributed by atoms with van der Waals surface area (Å²) in [6.07, 6.45) is 5.98. The Labute approximate surface area is 199 Å². The normalized spacial score (nSPS) is 42.3. The lowest BCUT2D eigenvalue weighted by atomic mass is 9.43. The van der Waals surface area contributed by atoms with Crippen LogP contribution >= 0.6 is 0 Å². The Morgan fingerprint density at radius 2 is 1.97 bits per heavy atom. The number of hydrogen-bond acceptors (Lipinski definition) is 8. The van der Waals surface area contributed by atoms with Crippen LogP contribution in [-0.4, -0.2) is 43.8 Å². The van der Waals surface area contributed by atoms with E-state index in [9.17, 15) is 14.4 Å². The maximum absolute atomic E-state index is 14.2. The van der Waals surface area contributed by atoms with Crippen LogP contribution in [0.25, 0.3) is 0 Å². The first-order valence-electron chi connectivity index (χ1n) is 12.4. The van der Waals surface area contributed by atoms with E-state index in [1.807, 2.05) is 13.8 Å². The van der Waals surface area contributed by atoms with Gasteiger partial charge in [0.2, 0.25) is 0 Å². The van der Waals surface area contributed by atoms with Crippen LogP contribution in [0.1, 0.15) is 70.5 Å². The predicted molar refractivity (Wildman–Crippen MR) is 118 cm³/mol. The first-order chi connectivity index (χ1) is 16.3. The van der Waals surface area contributed by atoms with Crippen LogP contribution in [0.2, 0.25) is 0 Å². The van der Waals surface area contributed by atoms with Crippen LogP contribution in [-0.2, 0) is 33.3 Å². The van der Waals surface area contributed by atoms with Gasteiger partial charge in [-0.3, -0.25) is 14.4 Å². The molecule has 0 aromatic carbocycles. The lowest BCUT2D eigenvalue weighted by molar-refractivity contribution is -0.229. The summed E-state index contributed by atoms with van der Waals surface area (Å²) >= 11 is 0. The molecule has 1 aromatic heterocycles. The highest BCUT2D eigenvalue weighted by Gasteiger charge is 2.67. The van der Waals surface area contributed by atoms with Gasteiger partial charge in [0.15, 0.2) is 12.1 Å². The van der Waals surface area contributed by atoms with Gasteiger partial charge in [-0.1, -0.05) is 13.8 Å². The topological polar surface area (TPSA) is 101 Å². The third kappa shape index (κ3) is 3.70. The number of hydrogen-bond donors (Lipinski definition) is 0. The van der Waals surface area contributed by atoms with E-state index in [1.165, 1.54) is 7.11 Å². The molecule has 1 aromatic rings. The van der Waals surface area contributed by atoms with Gasteiger partial charge in [-0.25, -0.2) is 0 Å².